The molecule has 1 aliphatic rings. The second kappa shape index (κ2) is 11.0. The van der Waals surface area contributed by atoms with Gasteiger partial charge < -0.3 is 20.3 Å². The Labute approximate surface area is 170 Å². The molecule has 0 radical (unpaired) electrons. The van der Waals surface area contributed by atoms with Gasteiger partial charge in [0.1, 0.15) is 0 Å². The zero-order chi connectivity index (χ0) is 21.2. The molecule has 0 saturated heterocycles. The maximum absolute atomic E-state index is 12.3. The maximum atomic E-state index is 12.3. The number of likely N-dealkylation sites (N-methyl/N-ethyl adjacent to an activating group) is 1. The number of allylic oxidation sites excluding steroid dienone is 2. The quantitative estimate of drug-likeness (QED) is 0.488. The molecule has 0 bridgehead atoms. The van der Waals surface area contributed by atoms with Crippen LogP contribution in [-0.2, 0) is 23.9 Å². The number of nitrogens with zero attached hydrogens (tertiary/aromatic N) is 1. The maximum Gasteiger partial charge on any atom is 0.306 e. The lowest BCUT2D eigenvalue weighted by Gasteiger charge is -2.20. The van der Waals surface area contributed by atoms with E-state index in [1.807, 2.05) is 12.2 Å². The summed E-state index contributed by atoms with van der Waals surface area (Å²) in [5.41, 5.74) is 1.17. The Hall–Kier alpha value is -3.16. The highest BCUT2D eigenvalue weighted by atomic mass is 16.5. The van der Waals surface area contributed by atoms with Gasteiger partial charge in [0, 0.05) is 24.8 Å². The molecule has 1 aliphatic carbocycles. The van der Waals surface area contributed by atoms with Gasteiger partial charge in [-0.1, -0.05) is 12.2 Å². The van der Waals surface area contributed by atoms with Crippen molar-refractivity contribution in [3.8, 4) is 0 Å². The number of carbonyl (C=O) groups excluding carboxylic acids is 4. The molecular weight excluding hydrogens is 374 g/mol. The summed E-state index contributed by atoms with van der Waals surface area (Å²) in [6.45, 7) is 2.96. The molecule has 0 aliphatic heterocycles. The van der Waals surface area contributed by atoms with Crippen molar-refractivity contribution in [3.63, 3.8) is 0 Å². The number of ether oxygens (including phenoxy) is 1. The predicted octanol–water partition coefficient (Wildman–Crippen LogP) is 2.33. The number of hydrogen-bond donors (Lipinski definition) is 2. The molecule has 29 heavy (non-hydrogen) atoms. The van der Waals surface area contributed by atoms with Crippen LogP contribution in [0.5, 0.6) is 0 Å². The molecule has 0 spiro atoms. The first-order chi connectivity index (χ1) is 13.9. The molecule has 156 valence electrons. The smallest absolute Gasteiger partial charge is 0.306 e. The molecule has 0 fully saturated rings. The molecule has 3 amide bonds. The highest BCUT2D eigenvalue weighted by Gasteiger charge is 2.19. The summed E-state index contributed by atoms with van der Waals surface area (Å²) in [7, 11) is 0. The molecule has 1 aromatic rings. The monoisotopic (exact) mass is 401 g/mol. The molecule has 1 aromatic carbocycles. The molecule has 0 saturated carbocycles. The van der Waals surface area contributed by atoms with E-state index in [0.717, 1.165) is 12.8 Å². The standard InChI is InChI=1S/C21H27N3O5/c1-3-24(20(27)14-29-21(28)12-16-6-4-5-7-16)13-19(26)23-18-10-8-17(9-11-18)22-15(2)25/h4,6,8-11,16H,3,5,7,12-14H2,1-2H3,(H,22,25)(H,23,26)/t16-/m0/s1. The largest absolute Gasteiger partial charge is 0.456 e. The van der Waals surface area contributed by atoms with E-state index < -0.39 is 11.9 Å². The highest BCUT2D eigenvalue weighted by molar-refractivity contribution is 5.95. The third kappa shape index (κ3) is 7.77. The van der Waals surface area contributed by atoms with Crippen molar-refractivity contribution >= 4 is 35.1 Å². The summed E-state index contributed by atoms with van der Waals surface area (Å²) in [6.07, 6.45) is 6.19. The Morgan fingerprint density at radius 1 is 1.10 bits per heavy atom. The van der Waals surface area contributed by atoms with Crippen LogP contribution >= 0.6 is 0 Å². The third-order valence-electron chi connectivity index (χ3n) is 4.46. The van der Waals surface area contributed by atoms with E-state index in [1.54, 1.807) is 31.2 Å². The van der Waals surface area contributed by atoms with Crippen molar-refractivity contribution in [2.45, 2.75) is 33.1 Å². The topological polar surface area (TPSA) is 105 Å². The average Bonchev–Trinajstić information content (AvgIpc) is 3.18. The van der Waals surface area contributed by atoms with Gasteiger partial charge in [0.2, 0.25) is 11.8 Å². The number of benzene rings is 1. The molecule has 0 heterocycles. The summed E-state index contributed by atoms with van der Waals surface area (Å²) in [6, 6.07) is 6.64. The zero-order valence-electron chi connectivity index (χ0n) is 16.8. The van der Waals surface area contributed by atoms with Gasteiger partial charge in [-0.15, -0.1) is 0 Å². The number of amides is 3. The Kier molecular flexibility index (Phi) is 8.39. The van der Waals surface area contributed by atoms with Gasteiger partial charge in [-0.05, 0) is 49.9 Å². The number of anilines is 2. The minimum atomic E-state index is -0.418. The van der Waals surface area contributed by atoms with E-state index in [0.29, 0.717) is 17.9 Å². The van der Waals surface area contributed by atoms with Gasteiger partial charge in [0.15, 0.2) is 6.61 Å². The molecule has 0 aromatic heterocycles. The van der Waals surface area contributed by atoms with Crippen molar-refractivity contribution in [3.05, 3.63) is 36.4 Å². The second-order valence-electron chi connectivity index (χ2n) is 6.85. The van der Waals surface area contributed by atoms with E-state index in [2.05, 4.69) is 10.6 Å². The number of nitrogens with one attached hydrogen (secondary N) is 2. The molecule has 1 atom stereocenters. The van der Waals surface area contributed by atoms with Crippen molar-refractivity contribution < 1.29 is 23.9 Å². The van der Waals surface area contributed by atoms with Crippen LogP contribution < -0.4 is 10.6 Å². The minimum Gasteiger partial charge on any atom is -0.456 e. The van der Waals surface area contributed by atoms with E-state index in [1.165, 1.54) is 11.8 Å². The number of rotatable bonds is 9. The highest BCUT2D eigenvalue weighted by Crippen LogP contribution is 2.20. The van der Waals surface area contributed by atoms with Gasteiger partial charge in [-0.2, -0.15) is 0 Å². The third-order valence-corrected chi connectivity index (χ3v) is 4.46. The van der Waals surface area contributed by atoms with Crippen LogP contribution in [0, 0.1) is 5.92 Å². The fourth-order valence-electron chi connectivity index (χ4n) is 2.96. The van der Waals surface area contributed by atoms with Crippen LogP contribution in [0.15, 0.2) is 36.4 Å². The van der Waals surface area contributed by atoms with Crippen LogP contribution in [0.3, 0.4) is 0 Å². The van der Waals surface area contributed by atoms with Crippen molar-refractivity contribution in [2.75, 3.05) is 30.3 Å². The number of hydrogen-bond acceptors (Lipinski definition) is 5. The minimum absolute atomic E-state index is 0.147. The van der Waals surface area contributed by atoms with Crippen LogP contribution in [0.1, 0.15) is 33.1 Å². The molecule has 0 unspecified atom stereocenters. The van der Waals surface area contributed by atoms with E-state index in [4.69, 9.17) is 4.74 Å². The molecule has 2 rings (SSSR count). The first-order valence-electron chi connectivity index (χ1n) is 9.65. The Morgan fingerprint density at radius 2 is 1.76 bits per heavy atom. The molecule has 2 N–H and O–H groups in total. The van der Waals surface area contributed by atoms with E-state index in [-0.39, 0.29) is 37.3 Å². The summed E-state index contributed by atoms with van der Waals surface area (Å²) < 4.78 is 5.06. The zero-order valence-corrected chi connectivity index (χ0v) is 16.8. The lowest BCUT2D eigenvalue weighted by atomic mass is 10.1. The van der Waals surface area contributed by atoms with Crippen LogP contribution in [0.2, 0.25) is 0 Å². The fourth-order valence-corrected chi connectivity index (χ4v) is 2.96. The van der Waals surface area contributed by atoms with Crippen LogP contribution in [0.4, 0.5) is 11.4 Å². The SMILES string of the molecule is CCN(CC(=O)Nc1ccc(NC(C)=O)cc1)C(=O)COC(=O)C[C@H]1C=CCC1. The number of esters is 1. The van der Waals surface area contributed by atoms with Gasteiger partial charge in [0.25, 0.3) is 5.91 Å². The van der Waals surface area contributed by atoms with Crippen LogP contribution in [-0.4, -0.2) is 48.3 Å². The van der Waals surface area contributed by atoms with Gasteiger partial charge >= 0.3 is 5.97 Å². The lowest BCUT2D eigenvalue weighted by Crippen LogP contribution is -2.40. The van der Waals surface area contributed by atoms with Crippen molar-refractivity contribution in [1.82, 2.24) is 4.90 Å². The van der Waals surface area contributed by atoms with Crippen LogP contribution in [0.25, 0.3) is 0 Å². The summed E-state index contributed by atoms with van der Waals surface area (Å²) >= 11 is 0. The van der Waals surface area contributed by atoms with E-state index >= 15 is 0 Å². The van der Waals surface area contributed by atoms with Crippen molar-refractivity contribution in [2.24, 2.45) is 5.92 Å². The van der Waals surface area contributed by atoms with E-state index in [9.17, 15) is 19.2 Å². The lowest BCUT2D eigenvalue weighted by molar-refractivity contribution is -0.152. The Balaban J connectivity index is 1.77. The van der Waals surface area contributed by atoms with Gasteiger partial charge in [-0.3, -0.25) is 19.2 Å². The average molecular weight is 401 g/mol. The van der Waals surface area contributed by atoms with Gasteiger partial charge in [-0.25, -0.2) is 0 Å². The Morgan fingerprint density at radius 3 is 2.31 bits per heavy atom. The molecule has 8 heteroatoms. The van der Waals surface area contributed by atoms with Gasteiger partial charge in [0.05, 0.1) is 13.0 Å². The summed E-state index contributed by atoms with van der Waals surface area (Å²) in [5, 5.41) is 5.33. The first kappa shape index (κ1) is 22.1. The molecule has 8 nitrogen and oxygen atoms in total. The summed E-state index contributed by atoms with van der Waals surface area (Å²) in [4.78, 5) is 48.7. The predicted molar refractivity (Wildman–Crippen MR) is 109 cm³/mol. The fraction of sp³-hybridized carbons (Fsp3) is 0.429. The second-order valence-corrected chi connectivity index (χ2v) is 6.85. The molecular formula is C21H27N3O5. The Bertz CT molecular complexity index is 773. The normalized spacial score (nSPS) is 14.9. The van der Waals surface area contributed by atoms with Crippen molar-refractivity contribution in [1.29, 1.82) is 0 Å². The first-order valence-corrected chi connectivity index (χ1v) is 9.65. The number of carbonyl (C=O) groups is 4. The summed E-state index contributed by atoms with van der Waals surface area (Å²) in [5.74, 6) is -1.19.